The summed E-state index contributed by atoms with van der Waals surface area (Å²) in [7, 11) is 3.20. The van der Waals surface area contributed by atoms with Gasteiger partial charge in [0, 0.05) is 6.20 Å². The summed E-state index contributed by atoms with van der Waals surface area (Å²) in [4.78, 5) is 4.29. The molecule has 0 saturated heterocycles. The van der Waals surface area contributed by atoms with Crippen LogP contribution in [-0.4, -0.2) is 19.2 Å². The van der Waals surface area contributed by atoms with Gasteiger partial charge in [0.15, 0.2) is 0 Å². The lowest BCUT2D eigenvalue weighted by molar-refractivity contribution is 0.376. The summed E-state index contributed by atoms with van der Waals surface area (Å²) in [6, 6.07) is 8.74. The van der Waals surface area contributed by atoms with E-state index < -0.39 is 0 Å². The summed E-state index contributed by atoms with van der Waals surface area (Å²) in [5.41, 5.74) is 4.25. The molecular formula is C14H16ClN3O2. The summed E-state index contributed by atoms with van der Waals surface area (Å²) in [6.07, 6.45) is 1.57. The summed E-state index contributed by atoms with van der Waals surface area (Å²) >= 11 is 5.86. The van der Waals surface area contributed by atoms with Gasteiger partial charge in [0.1, 0.15) is 11.5 Å². The third-order valence-electron chi connectivity index (χ3n) is 2.97. The molecule has 5 nitrogen and oxygen atoms in total. The molecule has 0 radical (unpaired) electrons. The maximum absolute atomic E-state index is 5.86. The van der Waals surface area contributed by atoms with Gasteiger partial charge in [-0.3, -0.25) is 10.8 Å². The van der Waals surface area contributed by atoms with Crippen LogP contribution in [0.4, 0.5) is 0 Å². The van der Waals surface area contributed by atoms with E-state index in [1.165, 1.54) is 0 Å². The molecule has 106 valence electrons. The van der Waals surface area contributed by atoms with E-state index in [0.29, 0.717) is 16.5 Å². The van der Waals surface area contributed by atoms with Crippen LogP contribution < -0.4 is 20.7 Å². The zero-order valence-electron chi connectivity index (χ0n) is 11.3. The first-order valence-corrected chi connectivity index (χ1v) is 6.37. The lowest BCUT2D eigenvalue weighted by Crippen LogP contribution is -2.30. The fourth-order valence-electron chi connectivity index (χ4n) is 2.04. The number of nitrogens with two attached hydrogens (primary N) is 1. The number of hydrogen-bond donors (Lipinski definition) is 2. The number of nitrogens with zero attached hydrogens (tertiary/aromatic N) is 1. The molecule has 3 N–H and O–H groups in total. The van der Waals surface area contributed by atoms with E-state index in [1.807, 2.05) is 18.2 Å². The summed E-state index contributed by atoms with van der Waals surface area (Å²) in [5, 5.41) is 0.566. The fraction of sp³-hybridized carbons (Fsp3) is 0.214. The molecule has 0 aliphatic carbocycles. The van der Waals surface area contributed by atoms with Gasteiger partial charge in [0.05, 0.1) is 36.5 Å². The van der Waals surface area contributed by atoms with E-state index in [1.54, 1.807) is 32.5 Å². The zero-order chi connectivity index (χ0) is 14.5. The summed E-state index contributed by atoms with van der Waals surface area (Å²) in [6.45, 7) is 0. The molecule has 1 atom stereocenters. The first-order valence-electron chi connectivity index (χ1n) is 5.99. The maximum Gasteiger partial charge on any atom is 0.127 e. The van der Waals surface area contributed by atoms with Crippen molar-refractivity contribution in [1.82, 2.24) is 10.4 Å². The molecule has 0 aliphatic rings. The average Bonchev–Trinajstić information content (AvgIpc) is 2.49. The number of methoxy groups -OCH3 is 2. The number of benzene rings is 1. The van der Waals surface area contributed by atoms with Crippen LogP contribution in [-0.2, 0) is 0 Å². The van der Waals surface area contributed by atoms with Crippen molar-refractivity contribution in [2.24, 2.45) is 5.84 Å². The topological polar surface area (TPSA) is 69.4 Å². The zero-order valence-corrected chi connectivity index (χ0v) is 12.0. The van der Waals surface area contributed by atoms with Crippen molar-refractivity contribution >= 4 is 11.6 Å². The second kappa shape index (κ2) is 6.56. The molecule has 0 fully saturated rings. The highest BCUT2D eigenvalue weighted by atomic mass is 35.5. The quantitative estimate of drug-likeness (QED) is 0.654. The molecule has 0 saturated carbocycles. The van der Waals surface area contributed by atoms with E-state index in [0.717, 1.165) is 11.3 Å². The Kier molecular flexibility index (Phi) is 4.79. The van der Waals surface area contributed by atoms with Crippen LogP contribution in [0.1, 0.15) is 17.3 Å². The predicted octanol–water partition coefficient (Wildman–Crippen LogP) is 2.30. The molecule has 6 heteroatoms. The SMILES string of the molecule is COc1cccc(OC)c1C(NN)c1ccc(Cl)cn1. The highest BCUT2D eigenvalue weighted by Crippen LogP contribution is 2.36. The predicted molar refractivity (Wildman–Crippen MR) is 78.0 cm³/mol. The lowest BCUT2D eigenvalue weighted by Gasteiger charge is -2.21. The Balaban J connectivity index is 2.53. The Morgan fingerprint density at radius 1 is 1.15 bits per heavy atom. The van der Waals surface area contributed by atoms with Gasteiger partial charge in [0.2, 0.25) is 0 Å². The number of pyridine rings is 1. The standard InChI is InChI=1S/C14H16ClN3O2/c1-19-11-4-3-5-12(20-2)13(11)14(18-16)10-7-6-9(15)8-17-10/h3-8,14,18H,16H2,1-2H3. The van der Waals surface area contributed by atoms with E-state index in [9.17, 15) is 0 Å². The molecule has 20 heavy (non-hydrogen) atoms. The molecule has 0 spiro atoms. The van der Waals surface area contributed by atoms with Crippen LogP contribution in [0, 0.1) is 0 Å². The van der Waals surface area contributed by atoms with Gasteiger partial charge in [0.25, 0.3) is 0 Å². The molecule has 0 amide bonds. The third-order valence-corrected chi connectivity index (χ3v) is 3.19. The summed E-state index contributed by atoms with van der Waals surface area (Å²) < 4.78 is 10.8. The van der Waals surface area contributed by atoms with Crippen LogP contribution in [0.3, 0.4) is 0 Å². The maximum atomic E-state index is 5.86. The second-order valence-electron chi connectivity index (χ2n) is 4.08. The van der Waals surface area contributed by atoms with Crippen molar-refractivity contribution in [3.05, 3.63) is 52.8 Å². The number of rotatable bonds is 5. The van der Waals surface area contributed by atoms with Gasteiger partial charge in [-0.05, 0) is 24.3 Å². The van der Waals surface area contributed by atoms with Crippen molar-refractivity contribution in [3.8, 4) is 11.5 Å². The van der Waals surface area contributed by atoms with Gasteiger partial charge < -0.3 is 9.47 Å². The van der Waals surface area contributed by atoms with Crippen molar-refractivity contribution in [1.29, 1.82) is 0 Å². The molecule has 0 bridgehead atoms. The number of hydrazine groups is 1. The van der Waals surface area contributed by atoms with Crippen molar-refractivity contribution in [3.63, 3.8) is 0 Å². The lowest BCUT2D eigenvalue weighted by atomic mass is 10.0. The minimum Gasteiger partial charge on any atom is -0.496 e. The largest absolute Gasteiger partial charge is 0.496 e. The first-order chi connectivity index (χ1) is 9.71. The fourth-order valence-corrected chi connectivity index (χ4v) is 2.15. The second-order valence-corrected chi connectivity index (χ2v) is 4.51. The molecule has 1 aromatic heterocycles. The van der Waals surface area contributed by atoms with Crippen molar-refractivity contribution in [2.75, 3.05) is 14.2 Å². The number of aromatic nitrogens is 1. The average molecular weight is 294 g/mol. The van der Waals surface area contributed by atoms with Gasteiger partial charge in [-0.25, -0.2) is 5.43 Å². The van der Waals surface area contributed by atoms with E-state index in [-0.39, 0.29) is 6.04 Å². The Hall–Kier alpha value is -1.82. The van der Waals surface area contributed by atoms with E-state index in [2.05, 4.69) is 10.4 Å². The van der Waals surface area contributed by atoms with Crippen molar-refractivity contribution in [2.45, 2.75) is 6.04 Å². The molecule has 1 unspecified atom stereocenters. The minimum absolute atomic E-state index is 0.363. The Labute approximate surface area is 122 Å². The highest BCUT2D eigenvalue weighted by molar-refractivity contribution is 6.30. The van der Waals surface area contributed by atoms with E-state index >= 15 is 0 Å². The van der Waals surface area contributed by atoms with Crippen LogP contribution >= 0.6 is 11.6 Å². The number of halogens is 1. The molecule has 2 rings (SSSR count). The van der Waals surface area contributed by atoms with Gasteiger partial charge in [-0.15, -0.1) is 0 Å². The molecule has 1 heterocycles. The van der Waals surface area contributed by atoms with Crippen molar-refractivity contribution < 1.29 is 9.47 Å². The van der Waals surface area contributed by atoms with Crippen LogP contribution in [0.15, 0.2) is 36.5 Å². The highest BCUT2D eigenvalue weighted by Gasteiger charge is 2.22. The van der Waals surface area contributed by atoms with Crippen LogP contribution in [0.25, 0.3) is 0 Å². The molecule has 1 aromatic carbocycles. The summed E-state index contributed by atoms with van der Waals surface area (Å²) in [5.74, 6) is 7.03. The monoisotopic (exact) mass is 293 g/mol. The minimum atomic E-state index is -0.363. The third kappa shape index (κ3) is 2.85. The van der Waals surface area contributed by atoms with Gasteiger partial charge in [-0.1, -0.05) is 17.7 Å². The van der Waals surface area contributed by atoms with Crippen LogP contribution in [0.5, 0.6) is 11.5 Å². The normalized spacial score (nSPS) is 12.0. The van der Waals surface area contributed by atoms with Crippen LogP contribution in [0.2, 0.25) is 5.02 Å². The van der Waals surface area contributed by atoms with Gasteiger partial charge in [-0.2, -0.15) is 0 Å². The number of ether oxygens (including phenoxy) is 2. The number of hydrogen-bond acceptors (Lipinski definition) is 5. The Morgan fingerprint density at radius 3 is 2.25 bits per heavy atom. The Bertz CT molecular complexity index is 553. The molecule has 2 aromatic rings. The van der Waals surface area contributed by atoms with E-state index in [4.69, 9.17) is 26.9 Å². The number of nitrogens with one attached hydrogen (secondary N) is 1. The molecule has 0 aliphatic heterocycles. The Morgan fingerprint density at radius 2 is 1.80 bits per heavy atom. The smallest absolute Gasteiger partial charge is 0.127 e. The molecular weight excluding hydrogens is 278 g/mol. The van der Waals surface area contributed by atoms with Gasteiger partial charge >= 0.3 is 0 Å². The first kappa shape index (κ1) is 14.6.